The molecule has 0 bridgehead atoms. The molecule has 1 aromatic carbocycles. The quantitative estimate of drug-likeness (QED) is 0.615. The van der Waals surface area contributed by atoms with E-state index in [0.29, 0.717) is 12.8 Å². The van der Waals surface area contributed by atoms with Crippen LogP contribution in [-0.4, -0.2) is 23.6 Å². The van der Waals surface area contributed by atoms with Crippen molar-refractivity contribution in [2.75, 3.05) is 0 Å². The topological polar surface area (TPSA) is 64.7 Å². The van der Waals surface area contributed by atoms with Gasteiger partial charge in [0.25, 0.3) is 0 Å². The van der Waals surface area contributed by atoms with Gasteiger partial charge in [0, 0.05) is 6.42 Å². The summed E-state index contributed by atoms with van der Waals surface area (Å²) in [7, 11) is 0. The zero-order valence-electron chi connectivity index (χ0n) is 12.7. The maximum Gasteiger partial charge on any atom is 0.149 e. The van der Waals surface area contributed by atoms with Gasteiger partial charge in [-0.05, 0) is 38.3 Å². The average Bonchev–Trinajstić information content (AvgIpc) is 2.44. The highest BCUT2D eigenvalue weighted by Crippen LogP contribution is 2.09. The van der Waals surface area contributed by atoms with Gasteiger partial charge in [0.2, 0.25) is 0 Å². The third-order valence-electron chi connectivity index (χ3n) is 2.99. The molecule has 0 aliphatic carbocycles. The Balaban J connectivity index is 2.69. The molecule has 0 heterocycles. The van der Waals surface area contributed by atoms with Gasteiger partial charge in [0.15, 0.2) is 0 Å². The maximum absolute atomic E-state index is 11.5. The van der Waals surface area contributed by atoms with Crippen molar-refractivity contribution in [1.29, 1.82) is 0 Å². The zero-order chi connectivity index (χ0) is 15.1. The van der Waals surface area contributed by atoms with Crippen molar-refractivity contribution in [3.63, 3.8) is 0 Å². The van der Waals surface area contributed by atoms with Crippen molar-refractivity contribution < 1.29 is 9.63 Å². The van der Waals surface area contributed by atoms with E-state index in [9.17, 15) is 4.79 Å². The number of carbonyl (C=O) groups excluding carboxylic acids is 1. The SMILES string of the molecule is CCC(=O)C(N)Cc1ccc(/C(C)=N\OC(C)C)cc1. The first-order valence-electron chi connectivity index (χ1n) is 7.02. The lowest BCUT2D eigenvalue weighted by Gasteiger charge is -2.10. The molecule has 2 N–H and O–H groups in total. The number of nitrogens with zero attached hydrogens (tertiary/aromatic N) is 1. The molecule has 0 saturated heterocycles. The van der Waals surface area contributed by atoms with E-state index in [1.807, 2.05) is 52.0 Å². The van der Waals surface area contributed by atoms with Crippen LogP contribution >= 0.6 is 0 Å². The van der Waals surface area contributed by atoms with Gasteiger partial charge in [-0.15, -0.1) is 0 Å². The summed E-state index contributed by atoms with van der Waals surface area (Å²) >= 11 is 0. The number of Topliss-reactive ketones (excluding diaryl/α,β-unsaturated/α-hetero) is 1. The van der Waals surface area contributed by atoms with E-state index < -0.39 is 6.04 Å². The summed E-state index contributed by atoms with van der Waals surface area (Å²) in [5.74, 6) is 0.0946. The van der Waals surface area contributed by atoms with Crippen LogP contribution in [0.15, 0.2) is 29.4 Å². The van der Waals surface area contributed by atoms with Gasteiger partial charge in [-0.2, -0.15) is 0 Å². The van der Waals surface area contributed by atoms with E-state index >= 15 is 0 Å². The molecule has 1 atom stereocenters. The first-order valence-corrected chi connectivity index (χ1v) is 7.02. The number of hydrogen-bond donors (Lipinski definition) is 1. The van der Waals surface area contributed by atoms with E-state index in [-0.39, 0.29) is 11.9 Å². The van der Waals surface area contributed by atoms with E-state index in [1.54, 1.807) is 0 Å². The number of benzene rings is 1. The van der Waals surface area contributed by atoms with Crippen molar-refractivity contribution in [1.82, 2.24) is 0 Å². The van der Waals surface area contributed by atoms with Crippen LogP contribution < -0.4 is 5.73 Å². The lowest BCUT2D eigenvalue weighted by molar-refractivity contribution is -0.119. The van der Waals surface area contributed by atoms with Crippen LogP contribution in [-0.2, 0) is 16.1 Å². The van der Waals surface area contributed by atoms with Gasteiger partial charge in [0.05, 0.1) is 11.8 Å². The highest BCUT2D eigenvalue weighted by atomic mass is 16.6. The lowest BCUT2D eigenvalue weighted by Crippen LogP contribution is -2.32. The predicted molar refractivity (Wildman–Crippen MR) is 81.9 cm³/mol. The molecule has 4 heteroatoms. The second-order valence-corrected chi connectivity index (χ2v) is 5.16. The Hall–Kier alpha value is -1.68. The minimum atomic E-state index is -0.412. The van der Waals surface area contributed by atoms with E-state index in [0.717, 1.165) is 16.8 Å². The fourth-order valence-corrected chi connectivity index (χ4v) is 1.75. The number of ketones is 1. The molecule has 0 aliphatic rings. The molecule has 0 aromatic heterocycles. The molecule has 1 aromatic rings. The van der Waals surface area contributed by atoms with E-state index in [2.05, 4.69) is 5.16 Å². The summed E-state index contributed by atoms with van der Waals surface area (Å²) in [6.45, 7) is 7.61. The number of rotatable bonds is 7. The maximum atomic E-state index is 11.5. The molecular formula is C16H24N2O2. The van der Waals surface area contributed by atoms with Crippen LogP contribution in [0.3, 0.4) is 0 Å². The van der Waals surface area contributed by atoms with Crippen LogP contribution in [0.4, 0.5) is 0 Å². The second-order valence-electron chi connectivity index (χ2n) is 5.16. The zero-order valence-corrected chi connectivity index (χ0v) is 12.7. The molecular weight excluding hydrogens is 252 g/mol. The summed E-state index contributed by atoms with van der Waals surface area (Å²) in [6, 6.07) is 7.49. The van der Waals surface area contributed by atoms with E-state index in [4.69, 9.17) is 10.6 Å². The third-order valence-corrected chi connectivity index (χ3v) is 2.99. The molecule has 20 heavy (non-hydrogen) atoms. The van der Waals surface area contributed by atoms with Crippen molar-refractivity contribution in [3.05, 3.63) is 35.4 Å². The summed E-state index contributed by atoms with van der Waals surface area (Å²) in [6.07, 6.45) is 1.13. The van der Waals surface area contributed by atoms with Gasteiger partial charge in [-0.1, -0.05) is 36.3 Å². The Labute approximate surface area is 121 Å². The molecule has 1 rings (SSSR count). The van der Waals surface area contributed by atoms with E-state index in [1.165, 1.54) is 0 Å². The van der Waals surface area contributed by atoms with Crippen LogP contribution in [0.1, 0.15) is 45.2 Å². The largest absolute Gasteiger partial charge is 0.393 e. The van der Waals surface area contributed by atoms with Crippen molar-refractivity contribution in [2.45, 2.75) is 52.7 Å². The van der Waals surface area contributed by atoms with Crippen LogP contribution in [0.25, 0.3) is 0 Å². The molecule has 0 amide bonds. The first kappa shape index (κ1) is 16.4. The van der Waals surface area contributed by atoms with Crippen LogP contribution in [0, 0.1) is 0 Å². The van der Waals surface area contributed by atoms with Crippen molar-refractivity contribution in [2.24, 2.45) is 10.9 Å². The Morgan fingerprint density at radius 2 is 1.90 bits per heavy atom. The second kappa shape index (κ2) is 7.80. The summed E-state index contributed by atoms with van der Waals surface area (Å²) in [5.41, 5.74) is 8.74. The normalized spacial score (nSPS) is 13.4. The monoisotopic (exact) mass is 276 g/mol. The van der Waals surface area contributed by atoms with Crippen LogP contribution in [0.5, 0.6) is 0 Å². The number of hydrogen-bond acceptors (Lipinski definition) is 4. The molecule has 1 unspecified atom stereocenters. The highest BCUT2D eigenvalue weighted by molar-refractivity contribution is 5.98. The Morgan fingerprint density at radius 1 is 1.30 bits per heavy atom. The van der Waals surface area contributed by atoms with Gasteiger partial charge < -0.3 is 10.6 Å². The molecule has 110 valence electrons. The number of nitrogens with two attached hydrogens (primary N) is 1. The standard InChI is InChI=1S/C16H24N2O2/c1-5-16(19)15(17)10-13-6-8-14(9-7-13)12(4)18-20-11(2)3/h6-9,11,15H,5,10,17H2,1-4H3/b18-12-. The average molecular weight is 276 g/mol. The molecule has 0 saturated carbocycles. The smallest absolute Gasteiger partial charge is 0.149 e. The molecule has 0 radical (unpaired) electrons. The van der Waals surface area contributed by atoms with Gasteiger partial charge >= 0.3 is 0 Å². The fourth-order valence-electron chi connectivity index (χ4n) is 1.75. The summed E-state index contributed by atoms with van der Waals surface area (Å²) < 4.78 is 0. The fraction of sp³-hybridized carbons (Fsp3) is 0.500. The predicted octanol–water partition coefficient (Wildman–Crippen LogP) is 2.68. The molecule has 4 nitrogen and oxygen atoms in total. The van der Waals surface area contributed by atoms with Crippen molar-refractivity contribution in [3.8, 4) is 0 Å². The van der Waals surface area contributed by atoms with Gasteiger partial charge in [-0.3, -0.25) is 4.79 Å². The van der Waals surface area contributed by atoms with Gasteiger partial charge in [-0.25, -0.2) is 0 Å². The Morgan fingerprint density at radius 3 is 2.40 bits per heavy atom. The third kappa shape index (κ3) is 5.13. The Bertz CT molecular complexity index is 464. The Kier molecular flexibility index (Phi) is 6.39. The van der Waals surface area contributed by atoms with Gasteiger partial charge in [0.1, 0.15) is 11.9 Å². The highest BCUT2D eigenvalue weighted by Gasteiger charge is 2.11. The minimum absolute atomic E-state index is 0.0716. The molecule has 0 spiro atoms. The minimum Gasteiger partial charge on any atom is -0.393 e. The number of oxime groups is 1. The summed E-state index contributed by atoms with van der Waals surface area (Å²) in [5, 5.41) is 4.06. The molecule has 0 aliphatic heterocycles. The first-order chi connectivity index (χ1) is 9.43. The summed E-state index contributed by atoms with van der Waals surface area (Å²) in [4.78, 5) is 16.7. The van der Waals surface area contributed by atoms with Crippen LogP contribution in [0.2, 0.25) is 0 Å². The van der Waals surface area contributed by atoms with Crippen molar-refractivity contribution >= 4 is 11.5 Å². The molecule has 0 fully saturated rings. The lowest BCUT2D eigenvalue weighted by atomic mass is 10.00. The number of carbonyl (C=O) groups is 1.